The average molecular weight is 254 g/mol. The Morgan fingerprint density at radius 2 is 1.68 bits per heavy atom. The Morgan fingerprint density at radius 3 is 2.37 bits per heavy atom. The van der Waals surface area contributed by atoms with Gasteiger partial charge in [-0.15, -0.1) is 0 Å². The molecule has 2 aromatic rings. The molecule has 0 aliphatic carbocycles. The first-order valence-corrected chi connectivity index (χ1v) is 6.33. The molecule has 19 heavy (non-hydrogen) atoms. The van der Waals surface area contributed by atoms with Crippen LogP contribution in [0, 0.1) is 0 Å². The summed E-state index contributed by atoms with van der Waals surface area (Å²) in [5, 5.41) is 0. The van der Waals surface area contributed by atoms with Crippen LogP contribution in [0.25, 0.3) is 0 Å². The Morgan fingerprint density at radius 1 is 1.05 bits per heavy atom. The van der Waals surface area contributed by atoms with Crippen LogP contribution in [-0.2, 0) is 11.2 Å². The minimum Gasteiger partial charge on any atom is -0.399 e. The van der Waals surface area contributed by atoms with Crippen LogP contribution >= 0.6 is 0 Å². The molecule has 3 heteroatoms. The van der Waals surface area contributed by atoms with Crippen LogP contribution in [-0.4, -0.2) is 13.0 Å². The molecule has 0 aliphatic rings. The fourth-order valence-corrected chi connectivity index (χ4v) is 1.97. The molecule has 0 radical (unpaired) electrons. The van der Waals surface area contributed by atoms with E-state index in [1.165, 1.54) is 0 Å². The van der Waals surface area contributed by atoms with Crippen LogP contribution in [0.5, 0.6) is 0 Å². The van der Waals surface area contributed by atoms with Gasteiger partial charge in [0.15, 0.2) is 0 Å². The van der Waals surface area contributed by atoms with Gasteiger partial charge >= 0.3 is 0 Å². The van der Waals surface area contributed by atoms with Crippen molar-refractivity contribution in [2.45, 2.75) is 12.8 Å². The van der Waals surface area contributed by atoms with E-state index in [0.29, 0.717) is 12.8 Å². The number of carbonyl (C=O) groups is 1. The Labute approximate surface area is 113 Å². The van der Waals surface area contributed by atoms with Crippen molar-refractivity contribution < 1.29 is 4.79 Å². The van der Waals surface area contributed by atoms with E-state index in [2.05, 4.69) is 0 Å². The first-order valence-electron chi connectivity index (χ1n) is 6.33. The highest BCUT2D eigenvalue weighted by Gasteiger charge is 2.11. The standard InChI is InChI=1S/C16H18N2O/c1-18(14-8-3-2-4-9-14)16(19)12-11-13-7-5-6-10-15(13)17/h2-10H,11-12,17H2,1H3. The van der Waals surface area contributed by atoms with Gasteiger partial charge in [0.2, 0.25) is 5.91 Å². The van der Waals surface area contributed by atoms with Crippen molar-refractivity contribution in [3.8, 4) is 0 Å². The molecule has 0 saturated carbocycles. The van der Waals surface area contributed by atoms with E-state index >= 15 is 0 Å². The fraction of sp³-hybridized carbons (Fsp3) is 0.188. The molecule has 1 amide bonds. The summed E-state index contributed by atoms with van der Waals surface area (Å²) in [7, 11) is 1.80. The highest BCUT2D eigenvalue weighted by molar-refractivity contribution is 5.92. The minimum atomic E-state index is 0.0921. The third-order valence-electron chi connectivity index (χ3n) is 3.18. The Hall–Kier alpha value is -2.29. The lowest BCUT2D eigenvalue weighted by molar-refractivity contribution is -0.118. The molecular formula is C16H18N2O. The predicted octanol–water partition coefficient (Wildman–Crippen LogP) is 2.86. The summed E-state index contributed by atoms with van der Waals surface area (Å²) < 4.78 is 0. The third-order valence-corrected chi connectivity index (χ3v) is 3.18. The largest absolute Gasteiger partial charge is 0.399 e. The van der Waals surface area contributed by atoms with Gasteiger partial charge in [0.05, 0.1) is 0 Å². The SMILES string of the molecule is CN(C(=O)CCc1ccccc1N)c1ccccc1. The van der Waals surface area contributed by atoms with Gasteiger partial charge in [-0.25, -0.2) is 0 Å². The van der Waals surface area contributed by atoms with Crippen molar-refractivity contribution >= 4 is 17.3 Å². The lowest BCUT2D eigenvalue weighted by Crippen LogP contribution is -2.26. The molecule has 0 saturated heterocycles. The minimum absolute atomic E-state index is 0.0921. The van der Waals surface area contributed by atoms with Crippen LogP contribution in [0.15, 0.2) is 54.6 Å². The van der Waals surface area contributed by atoms with Gasteiger partial charge in [-0.05, 0) is 30.2 Å². The third kappa shape index (κ3) is 3.35. The van der Waals surface area contributed by atoms with Crippen LogP contribution < -0.4 is 10.6 Å². The second kappa shape index (κ2) is 6.05. The topological polar surface area (TPSA) is 46.3 Å². The number of aryl methyl sites for hydroxylation is 1. The number of anilines is 2. The van der Waals surface area contributed by atoms with Crippen molar-refractivity contribution in [1.29, 1.82) is 0 Å². The number of nitrogen functional groups attached to an aromatic ring is 1. The highest BCUT2D eigenvalue weighted by atomic mass is 16.2. The second-order valence-corrected chi connectivity index (χ2v) is 4.49. The van der Waals surface area contributed by atoms with Crippen molar-refractivity contribution in [3.63, 3.8) is 0 Å². The second-order valence-electron chi connectivity index (χ2n) is 4.49. The van der Waals surface area contributed by atoms with E-state index in [1.807, 2.05) is 54.6 Å². The van der Waals surface area contributed by atoms with Crippen molar-refractivity contribution in [2.24, 2.45) is 0 Å². The van der Waals surface area contributed by atoms with Gasteiger partial charge < -0.3 is 10.6 Å². The van der Waals surface area contributed by atoms with Crippen molar-refractivity contribution in [1.82, 2.24) is 0 Å². The zero-order chi connectivity index (χ0) is 13.7. The molecule has 2 aromatic carbocycles. The normalized spacial score (nSPS) is 10.2. The first kappa shape index (κ1) is 13.1. The molecule has 2 rings (SSSR count). The molecule has 0 unspecified atom stereocenters. The van der Waals surface area contributed by atoms with E-state index in [-0.39, 0.29) is 5.91 Å². The van der Waals surface area contributed by atoms with Gasteiger partial charge in [0.1, 0.15) is 0 Å². The number of para-hydroxylation sites is 2. The number of hydrogen-bond donors (Lipinski definition) is 1. The Balaban J connectivity index is 1.97. The lowest BCUT2D eigenvalue weighted by Gasteiger charge is -2.17. The maximum Gasteiger partial charge on any atom is 0.227 e. The summed E-state index contributed by atoms with van der Waals surface area (Å²) in [6.45, 7) is 0. The van der Waals surface area contributed by atoms with Crippen LogP contribution in [0.4, 0.5) is 11.4 Å². The summed E-state index contributed by atoms with van der Waals surface area (Å²) in [6, 6.07) is 17.3. The summed E-state index contributed by atoms with van der Waals surface area (Å²) in [5.74, 6) is 0.0921. The van der Waals surface area contributed by atoms with Crippen LogP contribution in [0.2, 0.25) is 0 Å². The molecule has 0 fully saturated rings. The van der Waals surface area contributed by atoms with E-state index in [1.54, 1.807) is 11.9 Å². The first-order chi connectivity index (χ1) is 9.18. The monoisotopic (exact) mass is 254 g/mol. The van der Waals surface area contributed by atoms with Gasteiger partial charge in [-0.3, -0.25) is 4.79 Å². The number of rotatable bonds is 4. The van der Waals surface area contributed by atoms with E-state index in [0.717, 1.165) is 16.9 Å². The predicted molar refractivity (Wildman–Crippen MR) is 79.0 cm³/mol. The fourth-order valence-electron chi connectivity index (χ4n) is 1.97. The summed E-state index contributed by atoms with van der Waals surface area (Å²) in [6.07, 6.45) is 1.13. The van der Waals surface area contributed by atoms with E-state index < -0.39 is 0 Å². The van der Waals surface area contributed by atoms with Crippen molar-refractivity contribution in [3.05, 3.63) is 60.2 Å². The van der Waals surface area contributed by atoms with Gasteiger partial charge in [-0.1, -0.05) is 36.4 Å². The average Bonchev–Trinajstić information content (AvgIpc) is 2.46. The van der Waals surface area contributed by atoms with E-state index in [9.17, 15) is 4.79 Å². The van der Waals surface area contributed by atoms with Gasteiger partial charge in [-0.2, -0.15) is 0 Å². The Kier molecular flexibility index (Phi) is 4.18. The maximum atomic E-state index is 12.1. The molecule has 0 spiro atoms. The summed E-state index contributed by atoms with van der Waals surface area (Å²) in [5.41, 5.74) is 8.55. The number of benzene rings is 2. The molecule has 98 valence electrons. The number of amides is 1. The smallest absolute Gasteiger partial charge is 0.227 e. The molecule has 0 heterocycles. The molecule has 0 atom stereocenters. The zero-order valence-corrected chi connectivity index (χ0v) is 11.0. The Bertz CT molecular complexity index is 552. The summed E-state index contributed by atoms with van der Waals surface area (Å²) in [4.78, 5) is 13.8. The molecular weight excluding hydrogens is 236 g/mol. The quantitative estimate of drug-likeness (QED) is 0.853. The van der Waals surface area contributed by atoms with Crippen LogP contribution in [0.3, 0.4) is 0 Å². The maximum absolute atomic E-state index is 12.1. The molecule has 0 aliphatic heterocycles. The molecule has 3 nitrogen and oxygen atoms in total. The zero-order valence-electron chi connectivity index (χ0n) is 11.0. The van der Waals surface area contributed by atoms with E-state index in [4.69, 9.17) is 5.73 Å². The van der Waals surface area contributed by atoms with Crippen LogP contribution in [0.1, 0.15) is 12.0 Å². The van der Waals surface area contributed by atoms with Crippen molar-refractivity contribution in [2.75, 3.05) is 17.7 Å². The molecule has 0 aromatic heterocycles. The van der Waals surface area contributed by atoms with Gasteiger partial charge in [0.25, 0.3) is 0 Å². The highest BCUT2D eigenvalue weighted by Crippen LogP contribution is 2.16. The lowest BCUT2D eigenvalue weighted by atomic mass is 10.1. The molecule has 2 N–H and O–H groups in total. The number of nitrogens with zero attached hydrogens (tertiary/aromatic N) is 1. The number of carbonyl (C=O) groups excluding carboxylic acids is 1. The number of hydrogen-bond acceptors (Lipinski definition) is 2. The summed E-state index contributed by atoms with van der Waals surface area (Å²) >= 11 is 0. The van der Waals surface area contributed by atoms with Gasteiger partial charge in [0, 0.05) is 24.8 Å². The molecule has 0 bridgehead atoms. The number of nitrogens with two attached hydrogens (primary N) is 1.